The Morgan fingerprint density at radius 1 is 1.33 bits per heavy atom. The van der Waals surface area contributed by atoms with Crippen LogP contribution in [0.4, 0.5) is 0 Å². The molecule has 98 valence electrons. The van der Waals surface area contributed by atoms with Crippen LogP contribution in [0.3, 0.4) is 0 Å². The van der Waals surface area contributed by atoms with Crippen LogP contribution in [0.25, 0.3) is 0 Å². The molecule has 0 heterocycles. The van der Waals surface area contributed by atoms with Crippen LogP contribution in [0, 0.1) is 0 Å². The Balaban J connectivity index is 2.98. The molecule has 0 unspecified atom stereocenters. The molecule has 3 heteroatoms. The molecule has 3 nitrogen and oxygen atoms in total. The molecule has 0 fully saturated rings. The Kier molecular flexibility index (Phi) is 4.68. The molecular weight excluding hydrogens is 224 g/mol. The Morgan fingerprint density at radius 3 is 2.28 bits per heavy atom. The molecule has 0 aliphatic carbocycles. The SMILES string of the molecule is C=CCN(C(=O)c1ccc(CN)cc1)C(C)(C)C. The molecule has 0 saturated carbocycles. The average molecular weight is 246 g/mol. The highest BCUT2D eigenvalue weighted by atomic mass is 16.2. The smallest absolute Gasteiger partial charge is 0.254 e. The van der Waals surface area contributed by atoms with Crippen LogP contribution in [-0.2, 0) is 6.54 Å². The van der Waals surface area contributed by atoms with E-state index in [0.717, 1.165) is 5.56 Å². The van der Waals surface area contributed by atoms with Gasteiger partial charge in [-0.15, -0.1) is 6.58 Å². The van der Waals surface area contributed by atoms with E-state index in [2.05, 4.69) is 6.58 Å². The van der Waals surface area contributed by atoms with E-state index in [1.807, 2.05) is 45.0 Å². The topological polar surface area (TPSA) is 46.3 Å². The Labute approximate surface area is 109 Å². The van der Waals surface area contributed by atoms with Crippen LogP contribution in [0.15, 0.2) is 36.9 Å². The number of carbonyl (C=O) groups excluding carboxylic acids is 1. The molecule has 0 spiro atoms. The zero-order valence-electron chi connectivity index (χ0n) is 11.4. The molecular formula is C15H22N2O. The molecule has 1 aromatic rings. The number of carbonyl (C=O) groups is 1. The number of hydrogen-bond donors (Lipinski definition) is 1. The minimum Gasteiger partial charge on any atom is -0.330 e. The van der Waals surface area contributed by atoms with Gasteiger partial charge in [0.15, 0.2) is 0 Å². The van der Waals surface area contributed by atoms with Gasteiger partial charge in [0.1, 0.15) is 0 Å². The van der Waals surface area contributed by atoms with Gasteiger partial charge >= 0.3 is 0 Å². The monoisotopic (exact) mass is 246 g/mol. The van der Waals surface area contributed by atoms with Crippen molar-refractivity contribution >= 4 is 5.91 Å². The fourth-order valence-corrected chi connectivity index (χ4v) is 1.73. The second-order valence-corrected chi connectivity index (χ2v) is 5.28. The van der Waals surface area contributed by atoms with E-state index in [1.54, 1.807) is 11.0 Å². The van der Waals surface area contributed by atoms with Gasteiger partial charge in [-0.3, -0.25) is 4.79 Å². The summed E-state index contributed by atoms with van der Waals surface area (Å²) in [5.41, 5.74) is 7.03. The van der Waals surface area contributed by atoms with Gasteiger partial charge in [-0.25, -0.2) is 0 Å². The summed E-state index contributed by atoms with van der Waals surface area (Å²) in [4.78, 5) is 14.2. The lowest BCUT2D eigenvalue weighted by molar-refractivity contribution is 0.0616. The predicted molar refractivity (Wildman–Crippen MR) is 75.3 cm³/mol. The van der Waals surface area contributed by atoms with E-state index >= 15 is 0 Å². The van der Waals surface area contributed by atoms with E-state index in [4.69, 9.17) is 5.73 Å². The van der Waals surface area contributed by atoms with E-state index < -0.39 is 0 Å². The minimum atomic E-state index is -0.224. The second-order valence-electron chi connectivity index (χ2n) is 5.28. The molecule has 0 atom stereocenters. The van der Waals surface area contributed by atoms with Crippen LogP contribution >= 0.6 is 0 Å². The largest absolute Gasteiger partial charge is 0.330 e. The van der Waals surface area contributed by atoms with Crippen molar-refractivity contribution in [2.45, 2.75) is 32.9 Å². The summed E-state index contributed by atoms with van der Waals surface area (Å²) in [7, 11) is 0. The van der Waals surface area contributed by atoms with Gasteiger partial charge in [0.25, 0.3) is 5.91 Å². The molecule has 0 aromatic heterocycles. The molecule has 1 aromatic carbocycles. The molecule has 0 radical (unpaired) electrons. The van der Waals surface area contributed by atoms with E-state index in [9.17, 15) is 4.79 Å². The third kappa shape index (κ3) is 3.44. The van der Waals surface area contributed by atoms with Crippen molar-refractivity contribution in [3.63, 3.8) is 0 Å². The maximum Gasteiger partial charge on any atom is 0.254 e. The molecule has 1 amide bonds. The van der Waals surface area contributed by atoms with E-state index in [0.29, 0.717) is 18.7 Å². The minimum absolute atomic E-state index is 0.0194. The van der Waals surface area contributed by atoms with Crippen molar-refractivity contribution in [1.82, 2.24) is 4.90 Å². The predicted octanol–water partition coefficient (Wildman–Crippen LogP) is 2.57. The van der Waals surface area contributed by atoms with Gasteiger partial charge in [0.2, 0.25) is 0 Å². The second kappa shape index (κ2) is 5.83. The molecule has 1 rings (SSSR count). The molecule has 0 saturated heterocycles. The molecule has 0 aliphatic heterocycles. The van der Waals surface area contributed by atoms with Crippen molar-refractivity contribution in [2.24, 2.45) is 5.73 Å². The van der Waals surface area contributed by atoms with Gasteiger partial charge < -0.3 is 10.6 Å². The Bertz CT molecular complexity index is 415. The lowest BCUT2D eigenvalue weighted by Gasteiger charge is -2.35. The molecule has 0 bridgehead atoms. The van der Waals surface area contributed by atoms with E-state index in [-0.39, 0.29) is 11.4 Å². The van der Waals surface area contributed by atoms with Crippen molar-refractivity contribution in [1.29, 1.82) is 0 Å². The zero-order chi connectivity index (χ0) is 13.8. The Morgan fingerprint density at radius 2 is 1.89 bits per heavy atom. The van der Waals surface area contributed by atoms with Crippen molar-refractivity contribution in [3.05, 3.63) is 48.0 Å². The first-order valence-electron chi connectivity index (χ1n) is 6.12. The standard InChI is InChI=1S/C15H22N2O/c1-5-10-17(15(2,3)4)14(18)13-8-6-12(11-16)7-9-13/h5-9H,1,10-11,16H2,2-4H3. The normalized spacial score (nSPS) is 11.1. The number of nitrogens with two attached hydrogens (primary N) is 1. The number of amides is 1. The summed E-state index contributed by atoms with van der Waals surface area (Å²) in [6.07, 6.45) is 1.75. The van der Waals surface area contributed by atoms with Crippen LogP contribution in [0.2, 0.25) is 0 Å². The third-order valence-electron chi connectivity index (χ3n) is 2.80. The number of rotatable bonds is 4. The van der Waals surface area contributed by atoms with Crippen molar-refractivity contribution in [3.8, 4) is 0 Å². The fraction of sp³-hybridized carbons (Fsp3) is 0.400. The number of benzene rings is 1. The third-order valence-corrected chi connectivity index (χ3v) is 2.80. The van der Waals surface area contributed by atoms with Gasteiger partial charge in [-0.2, -0.15) is 0 Å². The summed E-state index contributed by atoms with van der Waals surface area (Å²) in [6.45, 7) is 10.8. The van der Waals surface area contributed by atoms with Gasteiger partial charge in [0, 0.05) is 24.2 Å². The summed E-state index contributed by atoms with van der Waals surface area (Å²) >= 11 is 0. The Hall–Kier alpha value is -1.61. The van der Waals surface area contributed by atoms with Crippen LogP contribution in [-0.4, -0.2) is 22.9 Å². The van der Waals surface area contributed by atoms with Crippen LogP contribution in [0.1, 0.15) is 36.7 Å². The number of hydrogen-bond acceptors (Lipinski definition) is 2. The quantitative estimate of drug-likeness (QED) is 0.830. The van der Waals surface area contributed by atoms with Gasteiger partial charge in [0.05, 0.1) is 0 Å². The maximum absolute atomic E-state index is 12.4. The highest BCUT2D eigenvalue weighted by molar-refractivity contribution is 5.94. The average Bonchev–Trinajstić information content (AvgIpc) is 2.34. The molecule has 2 N–H and O–H groups in total. The van der Waals surface area contributed by atoms with Crippen molar-refractivity contribution < 1.29 is 4.79 Å². The zero-order valence-corrected chi connectivity index (χ0v) is 11.4. The maximum atomic E-state index is 12.4. The van der Waals surface area contributed by atoms with E-state index in [1.165, 1.54) is 0 Å². The highest BCUT2D eigenvalue weighted by Crippen LogP contribution is 2.17. The molecule has 0 aliphatic rings. The summed E-state index contributed by atoms with van der Waals surface area (Å²) in [5, 5.41) is 0. The first kappa shape index (κ1) is 14.5. The highest BCUT2D eigenvalue weighted by Gasteiger charge is 2.25. The first-order chi connectivity index (χ1) is 8.40. The van der Waals surface area contributed by atoms with Crippen LogP contribution in [0.5, 0.6) is 0 Å². The first-order valence-corrected chi connectivity index (χ1v) is 6.12. The molecule has 18 heavy (non-hydrogen) atoms. The van der Waals surface area contributed by atoms with Gasteiger partial charge in [-0.1, -0.05) is 18.2 Å². The number of nitrogens with zero attached hydrogens (tertiary/aromatic N) is 1. The summed E-state index contributed by atoms with van der Waals surface area (Å²) < 4.78 is 0. The lowest BCUT2D eigenvalue weighted by Crippen LogP contribution is -2.45. The summed E-state index contributed by atoms with van der Waals surface area (Å²) in [6, 6.07) is 7.43. The lowest BCUT2D eigenvalue weighted by atomic mass is 10.0. The van der Waals surface area contributed by atoms with Crippen molar-refractivity contribution in [2.75, 3.05) is 6.54 Å². The van der Waals surface area contributed by atoms with Crippen LogP contribution < -0.4 is 5.73 Å². The summed E-state index contributed by atoms with van der Waals surface area (Å²) in [5.74, 6) is 0.0194. The van der Waals surface area contributed by atoms with Gasteiger partial charge in [-0.05, 0) is 38.5 Å². The fourth-order valence-electron chi connectivity index (χ4n) is 1.73.